The van der Waals surface area contributed by atoms with Crippen LogP contribution in [-0.2, 0) is 14.4 Å². The molecule has 46 heavy (non-hydrogen) atoms. The highest BCUT2D eigenvalue weighted by Crippen LogP contribution is 2.21. The van der Waals surface area contributed by atoms with E-state index in [0.29, 0.717) is 25.7 Å². The van der Waals surface area contributed by atoms with Crippen molar-refractivity contribution < 1.29 is 45.0 Å². The molecule has 0 aliphatic carbocycles. The first kappa shape index (κ1) is 51.1. The van der Waals surface area contributed by atoms with Gasteiger partial charge in [-0.15, -0.1) is 0 Å². The number of unbranched alkanes of at least 4 members (excludes halogenated alkanes) is 18. The van der Waals surface area contributed by atoms with Crippen molar-refractivity contribution in [2.75, 3.05) is 19.8 Å². The van der Waals surface area contributed by atoms with Crippen LogP contribution in [0.5, 0.6) is 0 Å². The summed E-state index contributed by atoms with van der Waals surface area (Å²) in [6, 6.07) is 0. The summed E-state index contributed by atoms with van der Waals surface area (Å²) in [7, 11) is 0. The fourth-order valence-electron chi connectivity index (χ4n) is 4.62. The second kappa shape index (κ2) is 43.3. The zero-order valence-corrected chi connectivity index (χ0v) is 30.4. The third kappa shape index (κ3) is 49.2. The van der Waals surface area contributed by atoms with Crippen LogP contribution >= 0.6 is 0 Å². The maximum atomic E-state index is 10.1. The molecular weight excluding hydrogens is 588 g/mol. The summed E-state index contributed by atoms with van der Waals surface area (Å²) < 4.78 is 0. The van der Waals surface area contributed by atoms with E-state index in [1.807, 2.05) is 6.92 Å². The lowest BCUT2D eigenvalue weighted by Gasteiger charge is -2.26. The third-order valence-corrected chi connectivity index (χ3v) is 7.77. The molecule has 0 aliphatic heterocycles. The predicted octanol–water partition coefficient (Wildman–Crippen LogP) is 9.38. The quantitative estimate of drug-likeness (QED) is 0.0426. The minimum absolute atomic E-state index is 0.145. The van der Waals surface area contributed by atoms with Gasteiger partial charge in [-0.2, -0.15) is 0 Å². The second-order valence-electron chi connectivity index (χ2n) is 12.5. The Hall–Kier alpha value is -1.71. The van der Waals surface area contributed by atoms with Gasteiger partial charge in [0.05, 0.1) is 19.8 Å². The lowest BCUT2D eigenvalue weighted by Crippen LogP contribution is -2.33. The van der Waals surface area contributed by atoms with Gasteiger partial charge in [0.2, 0.25) is 0 Å². The molecule has 0 unspecified atom stereocenters. The van der Waals surface area contributed by atoms with E-state index in [9.17, 15) is 14.4 Å². The van der Waals surface area contributed by atoms with Crippen molar-refractivity contribution in [2.24, 2.45) is 5.41 Å². The van der Waals surface area contributed by atoms with E-state index < -0.39 is 23.3 Å². The van der Waals surface area contributed by atoms with Crippen molar-refractivity contribution in [3.05, 3.63) is 0 Å². The molecule has 9 nitrogen and oxygen atoms in total. The predicted molar refractivity (Wildman–Crippen MR) is 189 cm³/mol. The molecule has 278 valence electrons. The molecule has 0 bridgehead atoms. The average Bonchev–Trinajstić information content (AvgIpc) is 3.03. The number of carbonyl (C=O) groups is 3. The summed E-state index contributed by atoms with van der Waals surface area (Å²) in [5.74, 6) is -1.99. The largest absolute Gasteiger partial charge is 0.481 e. The number of hydrogen-bond acceptors (Lipinski definition) is 6. The summed E-state index contributed by atoms with van der Waals surface area (Å²) in [6.45, 7) is 8.12. The lowest BCUT2D eigenvalue weighted by atomic mass is 9.86. The molecule has 0 aromatic rings. The first-order valence-corrected chi connectivity index (χ1v) is 18.5. The van der Waals surface area contributed by atoms with E-state index in [1.165, 1.54) is 96.3 Å². The Morgan fingerprint density at radius 2 is 0.587 bits per heavy atom. The molecule has 0 aromatic carbocycles. The fourth-order valence-corrected chi connectivity index (χ4v) is 4.62. The Balaban J connectivity index is -0.000000256. The van der Waals surface area contributed by atoms with Crippen LogP contribution in [0.1, 0.15) is 195 Å². The van der Waals surface area contributed by atoms with Crippen LogP contribution in [0.3, 0.4) is 0 Å². The smallest absolute Gasteiger partial charge is 0.303 e. The Morgan fingerprint density at radius 3 is 0.739 bits per heavy atom. The van der Waals surface area contributed by atoms with Gasteiger partial charge in [0.15, 0.2) is 0 Å². The zero-order chi connectivity index (χ0) is 35.7. The fraction of sp³-hybridized carbons (Fsp3) is 0.919. The average molecular weight is 665 g/mol. The molecule has 0 heterocycles. The Bertz CT molecular complexity index is 547. The van der Waals surface area contributed by atoms with Crippen molar-refractivity contribution in [1.82, 2.24) is 0 Å². The van der Waals surface area contributed by atoms with Gasteiger partial charge in [-0.1, -0.05) is 150 Å². The van der Waals surface area contributed by atoms with E-state index in [0.717, 1.165) is 44.9 Å². The summed E-state index contributed by atoms with van der Waals surface area (Å²) in [6.07, 6.45) is 27.5. The van der Waals surface area contributed by atoms with E-state index in [-0.39, 0.29) is 19.8 Å². The van der Waals surface area contributed by atoms with Crippen LogP contribution in [-0.4, -0.2) is 68.4 Å². The minimum atomic E-state index is -0.663. The van der Waals surface area contributed by atoms with Crippen LogP contribution in [0.25, 0.3) is 0 Å². The van der Waals surface area contributed by atoms with Crippen LogP contribution in [0, 0.1) is 5.41 Å². The molecule has 0 saturated carbocycles. The molecule has 0 amide bonds. The molecule has 0 fully saturated rings. The highest BCUT2D eigenvalue weighted by molar-refractivity contribution is 5.67. The minimum Gasteiger partial charge on any atom is -0.481 e. The zero-order valence-electron chi connectivity index (χ0n) is 30.4. The van der Waals surface area contributed by atoms with E-state index in [1.54, 1.807) is 0 Å². The summed E-state index contributed by atoms with van der Waals surface area (Å²) in [5, 5.41) is 51.4. The van der Waals surface area contributed by atoms with Crippen molar-refractivity contribution in [3.63, 3.8) is 0 Å². The molecule has 0 aliphatic rings. The summed E-state index contributed by atoms with van der Waals surface area (Å²) in [5.41, 5.74) is -0.658. The van der Waals surface area contributed by atoms with Crippen molar-refractivity contribution in [1.29, 1.82) is 0 Å². The normalized spacial score (nSPS) is 10.5. The molecule has 0 radical (unpaired) electrons. The van der Waals surface area contributed by atoms with Crippen molar-refractivity contribution >= 4 is 17.9 Å². The molecule has 9 heteroatoms. The summed E-state index contributed by atoms with van der Waals surface area (Å²) >= 11 is 0. The van der Waals surface area contributed by atoms with E-state index in [2.05, 4.69) is 20.8 Å². The standard InChI is InChI=1S/3C10H20O2.C7H16O3/c3*1-2-3-4-5-6-7-8-9-10(11)12;1-2-3-7(4-8,5-9)6-10/h3*2-9H2,1H3,(H,11,12);8-10H,2-6H2,1H3. The Labute approximate surface area is 282 Å². The van der Waals surface area contributed by atoms with Crippen molar-refractivity contribution in [2.45, 2.75) is 195 Å². The lowest BCUT2D eigenvalue weighted by molar-refractivity contribution is -0.138. The van der Waals surface area contributed by atoms with Gasteiger partial charge < -0.3 is 30.6 Å². The molecule has 0 rings (SSSR count). The van der Waals surface area contributed by atoms with E-state index in [4.69, 9.17) is 30.6 Å². The summed E-state index contributed by atoms with van der Waals surface area (Å²) in [4.78, 5) is 30.4. The number of hydrogen-bond donors (Lipinski definition) is 6. The first-order valence-electron chi connectivity index (χ1n) is 18.5. The van der Waals surface area contributed by atoms with Crippen molar-refractivity contribution in [3.8, 4) is 0 Å². The molecular formula is C37H76O9. The number of carboxylic acid groups (broad SMARTS) is 3. The first-order chi connectivity index (χ1) is 22.1. The van der Waals surface area contributed by atoms with Gasteiger partial charge in [0.25, 0.3) is 0 Å². The highest BCUT2D eigenvalue weighted by Gasteiger charge is 2.26. The SMILES string of the molecule is CCCC(CO)(CO)CO.CCCCCCCCCC(=O)O.CCCCCCCCCC(=O)O.CCCCCCCCCC(=O)O. The second-order valence-corrected chi connectivity index (χ2v) is 12.5. The number of aliphatic carboxylic acids is 3. The molecule has 0 spiro atoms. The number of aliphatic hydroxyl groups excluding tert-OH is 3. The third-order valence-electron chi connectivity index (χ3n) is 7.77. The Kier molecular flexibility index (Phi) is 48.1. The Morgan fingerprint density at radius 1 is 0.370 bits per heavy atom. The number of aliphatic hydroxyl groups is 3. The monoisotopic (exact) mass is 665 g/mol. The highest BCUT2D eigenvalue weighted by atomic mass is 16.4. The van der Waals surface area contributed by atoms with E-state index >= 15 is 0 Å². The molecule has 0 saturated heterocycles. The van der Waals surface area contributed by atoms with Gasteiger partial charge >= 0.3 is 17.9 Å². The molecule has 0 aromatic heterocycles. The van der Waals surface area contributed by atoms with Gasteiger partial charge in [0.1, 0.15) is 0 Å². The van der Waals surface area contributed by atoms with Crippen LogP contribution in [0.15, 0.2) is 0 Å². The van der Waals surface area contributed by atoms with Crippen LogP contribution < -0.4 is 0 Å². The van der Waals surface area contributed by atoms with Gasteiger partial charge in [0, 0.05) is 24.7 Å². The van der Waals surface area contributed by atoms with Crippen LogP contribution in [0.2, 0.25) is 0 Å². The number of carboxylic acids is 3. The number of rotatable bonds is 29. The van der Waals surface area contributed by atoms with Gasteiger partial charge in [-0.05, 0) is 25.7 Å². The molecule has 6 N–H and O–H groups in total. The molecule has 0 atom stereocenters. The topological polar surface area (TPSA) is 173 Å². The van der Waals surface area contributed by atoms with Gasteiger partial charge in [-0.3, -0.25) is 14.4 Å². The maximum Gasteiger partial charge on any atom is 0.303 e. The maximum absolute atomic E-state index is 10.1. The van der Waals surface area contributed by atoms with Gasteiger partial charge in [-0.25, -0.2) is 0 Å². The van der Waals surface area contributed by atoms with Crippen LogP contribution in [0.4, 0.5) is 0 Å².